The monoisotopic (exact) mass is 360 g/mol. The first kappa shape index (κ1) is 17.2. The van der Waals surface area contributed by atoms with Gasteiger partial charge in [-0.3, -0.25) is 4.79 Å². The summed E-state index contributed by atoms with van der Waals surface area (Å²) in [5.74, 6) is 0.211. The van der Waals surface area contributed by atoms with E-state index in [9.17, 15) is 4.79 Å². The molecule has 0 radical (unpaired) electrons. The SMILES string of the molecule is C[C@H](Sc1ccc(Cl)cc1)C(=O)N1CCN(c2ccccc2)CC1. The van der Waals surface area contributed by atoms with Crippen LogP contribution in [0.25, 0.3) is 0 Å². The number of hydrogen-bond acceptors (Lipinski definition) is 3. The number of rotatable bonds is 4. The van der Waals surface area contributed by atoms with Crippen molar-refractivity contribution < 1.29 is 4.79 Å². The molecule has 1 saturated heterocycles. The smallest absolute Gasteiger partial charge is 0.235 e. The number of benzene rings is 2. The Morgan fingerprint density at radius 1 is 1.00 bits per heavy atom. The topological polar surface area (TPSA) is 23.6 Å². The maximum Gasteiger partial charge on any atom is 0.235 e. The standard InChI is InChI=1S/C19H21ClN2OS/c1-15(24-18-9-7-16(20)8-10-18)19(23)22-13-11-21(12-14-22)17-5-3-2-4-6-17/h2-10,15H,11-14H2,1H3/t15-/m0/s1. The van der Waals surface area contributed by atoms with Gasteiger partial charge in [0, 0.05) is 41.8 Å². The lowest BCUT2D eigenvalue weighted by Gasteiger charge is -2.37. The van der Waals surface area contributed by atoms with Gasteiger partial charge in [-0.1, -0.05) is 29.8 Å². The van der Waals surface area contributed by atoms with E-state index in [1.54, 1.807) is 11.8 Å². The second-order valence-corrected chi connectivity index (χ2v) is 7.71. The van der Waals surface area contributed by atoms with Crippen molar-refractivity contribution in [3.05, 3.63) is 59.6 Å². The Balaban J connectivity index is 1.53. The highest BCUT2D eigenvalue weighted by atomic mass is 35.5. The molecule has 1 aliphatic heterocycles. The van der Waals surface area contributed by atoms with Crippen LogP contribution in [0.15, 0.2) is 59.5 Å². The number of carbonyl (C=O) groups is 1. The molecular weight excluding hydrogens is 340 g/mol. The zero-order valence-electron chi connectivity index (χ0n) is 13.7. The van der Waals surface area contributed by atoms with E-state index in [-0.39, 0.29) is 11.2 Å². The highest BCUT2D eigenvalue weighted by Gasteiger charge is 2.25. The lowest BCUT2D eigenvalue weighted by Crippen LogP contribution is -2.50. The number of para-hydroxylation sites is 1. The molecule has 2 aromatic carbocycles. The van der Waals surface area contributed by atoms with Crippen molar-refractivity contribution in [1.29, 1.82) is 0 Å². The van der Waals surface area contributed by atoms with Crippen LogP contribution in [-0.2, 0) is 4.79 Å². The Kier molecular flexibility index (Phi) is 5.69. The molecule has 1 amide bonds. The number of piperazine rings is 1. The normalized spacial score (nSPS) is 16.1. The number of hydrogen-bond donors (Lipinski definition) is 0. The molecule has 0 saturated carbocycles. The Bertz CT molecular complexity index is 670. The summed E-state index contributed by atoms with van der Waals surface area (Å²) in [6.45, 7) is 5.30. The number of halogens is 1. The van der Waals surface area contributed by atoms with E-state index in [0.717, 1.165) is 36.1 Å². The molecule has 0 unspecified atom stereocenters. The highest BCUT2D eigenvalue weighted by molar-refractivity contribution is 8.00. The van der Waals surface area contributed by atoms with Crippen LogP contribution in [0.4, 0.5) is 5.69 Å². The maximum atomic E-state index is 12.7. The summed E-state index contributed by atoms with van der Waals surface area (Å²) in [5, 5.41) is 0.629. The van der Waals surface area contributed by atoms with Gasteiger partial charge >= 0.3 is 0 Å². The van der Waals surface area contributed by atoms with Crippen molar-refractivity contribution in [2.45, 2.75) is 17.1 Å². The minimum atomic E-state index is -0.0885. The summed E-state index contributed by atoms with van der Waals surface area (Å²) < 4.78 is 0. The van der Waals surface area contributed by atoms with Gasteiger partial charge in [-0.05, 0) is 43.3 Å². The fourth-order valence-electron chi connectivity index (χ4n) is 2.85. The lowest BCUT2D eigenvalue weighted by atomic mass is 10.2. The van der Waals surface area contributed by atoms with Gasteiger partial charge in [-0.2, -0.15) is 0 Å². The van der Waals surface area contributed by atoms with Crippen LogP contribution < -0.4 is 4.90 Å². The summed E-state index contributed by atoms with van der Waals surface area (Å²) in [6, 6.07) is 18.0. The molecule has 24 heavy (non-hydrogen) atoms. The van der Waals surface area contributed by atoms with Crippen molar-refractivity contribution >= 4 is 35.0 Å². The van der Waals surface area contributed by atoms with Gasteiger partial charge in [-0.15, -0.1) is 11.8 Å². The van der Waals surface area contributed by atoms with Gasteiger partial charge in [0.15, 0.2) is 0 Å². The van der Waals surface area contributed by atoms with Gasteiger partial charge in [0.2, 0.25) is 5.91 Å². The maximum absolute atomic E-state index is 12.7. The zero-order valence-corrected chi connectivity index (χ0v) is 15.3. The molecule has 0 aliphatic carbocycles. The Morgan fingerprint density at radius 2 is 1.62 bits per heavy atom. The third-order valence-corrected chi connectivity index (χ3v) is 5.54. The predicted molar refractivity (Wildman–Crippen MR) is 102 cm³/mol. The summed E-state index contributed by atoms with van der Waals surface area (Å²) in [6.07, 6.45) is 0. The Hall–Kier alpha value is -1.65. The van der Waals surface area contributed by atoms with E-state index in [4.69, 9.17) is 11.6 Å². The molecule has 126 valence electrons. The van der Waals surface area contributed by atoms with Crippen LogP contribution in [0.1, 0.15) is 6.92 Å². The molecule has 1 atom stereocenters. The van der Waals surface area contributed by atoms with Crippen molar-refractivity contribution in [3.8, 4) is 0 Å². The summed E-state index contributed by atoms with van der Waals surface area (Å²) >= 11 is 7.50. The molecule has 2 aromatic rings. The minimum absolute atomic E-state index is 0.0885. The fraction of sp³-hybridized carbons (Fsp3) is 0.316. The fourth-order valence-corrected chi connectivity index (χ4v) is 3.93. The van der Waals surface area contributed by atoms with Crippen LogP contribution in [0.2, 0.25) is 5.02 Å². The largest absolute Gasteiger partial charge is 0.368 e. The number of amides is 1. The molecule has 1 aliphatic rings. The van der Waals surface area contributed by atoms with Crippen LogP contribution in [0, 0.1) is 0 Å². The molecular formula is C19H21ClN2OS. The first-order valence-corrected chi connectivity index (χ1v) is 9.40. The number of thioether (sulfide) groups is 1. The van der Waals surface area contributed by atoms with E-state index < -0.39 is 0 Å². The van der Waals surface area contributed by atoms with Crippen molar-refractivity contribution in [1.82, 2.24) is 4.90 Å². The van der Waals surface area contributed by atoms with Gasteiger partial charge < -0.3 is 9.80 Å². The van der Waals surface area contributed by atoms with E-state index >= 15 is 0 Å². The first-order chi connectivity index (χ1) is 11.6. The molecule has 0 aromatic heterocycles. The molecule has 1 heterocycles. The summed E-state index contributed by atoms with van der Waals surface area (Å²) in [7, 11) is 0. The van der Waals surface area contributed by atoms with Crippen LogP contribution >= 0.6 is 23.4 Å². The number of anilines is 1. The first-order valence-electron chi connectivity index (χ1n) is 8.14. The van der Waals surface area contributed by atoms with Crippen LogP contribution in [0.5, 0.6) is 0 Å². The molecule has 0 N–H and O–H groups in total. The van der Waals surface area contributed by atoms with E-state index in [2.05, 4.69) is 29.2 Å². The molecule has 0 spiro atoms. The van der Waals surface area contributed by atoms with E-state index in [0.29, 0.717) is 0 Å². The van der Waals surface area contributed by atoms with Gasteiger partial charge in [0.1, 0.15) is 0 Å². The molecule has 3 rings (SSSR count). The average Bonchev–Trinajstić information content (AvgIpc) is 2.64. The minimum Gasteiger partial charge on any atom is -0.368 e. The third-order valence-electron chi connectivity index (χ3n) is 4.19. The number of nitrogens with zero attached hydrogens (tertiary/aromatic N) is 2. The zero-order chi connectivity index (χ0) is 16.9. The second kappa shape index (κ2) is 7.95. The Labute approximate surface area is 152 Å². The predicted octanol–water partition coefficient (Wildman–Crippen LogP) is 4.17. The number of carbonyl (C=O) groups excluding carboxylic acids is 1. The van der Waals surface area contributed by atoms with E-state index in [1.165, 1.54) is 5.69 Å². The van der Waals surface area contributed by atoms with Crippen molar-refractivity contribution in [3.63, 3.8) is 0 Å². The van der Waals surface area contributed by atoms with Crippen molar-refractivity contribution in [2.24, 2.45) is 0 Å². The quantitative estimate of drug-likeness (QED) is 0.764. The van der Waals surface area contributed by atoms with Crippen molar-refractivity contribution in [2.75, 3.05) is 31.1 Å². The highest BCUT2D eigenvalue weighted by Crippen LogP contribution is 2.26. The van der Waals surface area contributed by atoms with Gasteiger partial charge in [-0.25, -0.2) is 0 Å². The third kappa shape index (κ3) is 4.25. The average molecular weight is 361 g/mol. The van der Waals surface area contributed by atoms with Gasteiger partial charge in [0.05, 0.1) is 5.25 Å². The van der Waals surface area contributed by atoms with Crippen LogP contribution in [-0.4, -0.2) is 42.2 Å². The van der Waals surface area contributed by atoms with Gasteiger partial charge in [0.25, 0.3) is 0 Å². The van der Waals surface area contributed by atoms with E-state index in [1.807, 2.05) is 42.2 Å². The molecule has 3 nitrogen and oxygen atoms in total. The molecule has 0 bridgehead atoms. The Morgan fingerprint density at radius 3 is 2.25 bits per heavy atom. The molecule has 1 fully saturated rings. The summed E-state index contributed by atoms with van der Waals surface area (Å²) in [4.78, 5) is 18.1. The summed E-state index contributed by atoms with van der Waals surface area (Å²) in [5.41, 5.74) is 1.23. The van der Waals surface area contributed by atoms with Crippen LogP contribution in [0.3, 0.4) is 0 Å². The second-order valence-electron chi connectivity index (χ2n) is 5.86. The lowest BCUT2D eigenvalue weighted by molar-refractivity contribution is -0.130. The molecule has 5 heteroatoms.